The highest BCUT2D eigenvalue weighted by molar-refractivity contribution is 5.90. The van der Waals surface area contributed by atoms with Crippen LogP contribution in [0, 0.1) is 12.7 Å². The molecule has 0 spiro atoms. The van der Waals surface area contributed by atoms with Gasteiger partial charge in [-0.2, -0.15) is 0 Å². The van der Waals surface area contributed by atoms with Gasteiger partial charge in [-0.15, -0.1) is 0 Å². The maximum absolute atomic E-state index is 16.1. The fraction of sp³-hybridized carbons (Fsp3) is 0.310. The summed E-state index contributed by atoms with van der Waals surface area (Å²) in [5.74, 6) is 1.22. The Hall–Kier alpha value is -3.31. The molecule has 34 heavy (non-hydrogen) atoms. The smallest absolute Gasteiger partial charge is 0.156 e. The van der Waals surface area contributed by atoms with Gasteiger partial charge in [0.25, 0.3) is 0 Å². The Morgan fingerprint density at radius 1 is 0.941 bits per heavy atom. The van der Waals surface area contributed by atoms with E-state index >= 15 is 4.39 Å². The Morgan fingerprint density at radius 3 is 2.35 bits per heavy atom. The van der Waals surface area contributed by atoms with Crippen LogP contribution in [0.15, 0.2) is 60.7 Å². The van der Waals surface area contributed by atoms with Crippen LogP contribution < -0.4 is 15.2 Å². The third-order valence-corrected chi connectivity index (χ3v) is 6.23. The zero-order valence-corrected chi connectivity index (χ0v) is 20.2. The number of aromatic nitrogens is 1. The first-order valence-corrected chi connectivity index (χ1v) is 11.9. The van der Waals surface area contributed by atoms with Crippen molar-refractivity contribution in [3.05, 3.63) is 83.2 Å². The average molecular weight is 461 g/mol. The summed E-state index contributed by atoms with van der Waals surface area (Å²) < 4.78 is 29.4. The number of aryl methyl sites for hydroxylation is 1. The van der Waals surface area contributed by atoms with Gasteiger partial charge < -0.3 is 19.8 Å². The predicted octanol–water partition coefficient (Wildman–Crippen LogP) is 6.49. The van der Waals surface area contributed by atoms with Crippen molar-refractivity contribution in [1.82, 2.24) is 4.57 Å². The van der Waals surface area contributed by atoms with Crippen molar-refractivity contribution >= 4 is 10.9 Å². The number of ether oxygens (including phenoxy) is 2. The number of rotatable bonds is 10. The van der Waals surface area contributed by atoms with Gasteiger partial charge in [0.1, 0.15) is 11.5 Å². The lowest BCUT2D eigenvalue weighted by molar-refractivity contribution is 0.309. The zero-order chi connectivity index (χ0) is 24.1. The number of nitrogens with two attached hydrogens (primary N) is 1. The van der Waals surface area contributed by atoms with Crippen LogP contribution in [0.1, 0.15) is 36.5 Å². The molecule has 5 heteroatoms. The summed E-state index contributed by atoms with van der Waals surface area (Å²) >= 11 is 0. The summed E-state index contributed by atoms with van der Waals surface area (Å²) in [7, 11) is 1.64. The Kier molecular flexibility index (Phi) is 7.53. The molecular weight excluding hydrogens is 427 g/mol. The Labute approximate surface area is 201 Å². The molecule has 0 bridgehead atoms. The van der Waals surface area contributed by atoms with E-state index in [1.807, 2.05) is 43.3 Å². The van der Waals surface area contributed by atoms with Crippen molar-refractivity contribution in [3.63, 3.8) is 0 Å². The Bertz CT molecular complexity index is 1260. The lowest BCUT2D eigenvalue weighted by atomic mass is 10.0. The second kappa shape index (κ2) is 10.7. The molecule has 0 radical (unpaired) electrons. The molecule has 0 atom stereocenters. The van der Waals surface area contributed by atoms with Crippen LogP contribution in [0.3, 0.4) is 0 Å². The number of methoxy groups -OCH3 is 1. The van der Waals surface area contributed by atoms with E-state index in [2.05, 4.69) is 35.8 Å². The van der Waals surface area contributed by atoms with Crippen LogP contribution in [-0.4, -0.2) is 24.8 Å². The molecule has 4 aromatic rings. The number of nitrogens with zero attached hydrogens (tertiary/aromatic N) is 1. The zero-order valence-electron chi connectivity index (χ0n) is 20.2. The molecule has 3 aromatic carbocycles. The second-order valence-corrected chi connectivity index (χ2v) is 8.67. The highest BCUT2D eigenvalue weighted by atomic mass is 19.1. The molecule has 0 aliphatic heterocycles. The van der Waals surface area contributed by atoms with Gasteiger partial charge in [-0.25, -0.2) is 4.39 Å². The van der Waals surface area contributed by atoms with Crippen LogP contribution in [0.25, 0.3) is 22.2 Å². The van der Waals surface area contributed by atoms with E-state index in [1.54, 1.807) is 7.11 Å². The van der Waals surface area contributed by atoms with E-state index in [0.29, 0.717) is 36.5 Å². The van der Waals surface area contributed by atoms with E-state index < -0.39 is 0 Å². The average Bonchev–Trinajstić information content (AvgIpc) is 3.11. The molecule has 1 heterocycles. The van der Waals surface area contributed by atoms with Crippen LogP contribution in [0.2, 0.25) is 0 Å². The SMILES string of the molecule is CCCCOc1ccc2c(c1)c(F)c(-c1ccc(OC)cc1C)n2Cc1ccc(CCN)cc1. The fourth-order valence-corrected chi connectivity index (χ4v) is 4.33. The predicted molar refractivity (Wildman–Crippen MR) is 137 cm³/mol. The number of hydrogen-bond acceptors (Lipinski definition) is 3. The standard InChI is InChI=1S/C29H33FN2O2/c1-4-5-16-34-24-11-13-27-26(18-24)28(30)29(25-12-10-23(33-3)17-20(25)2)32(27)19-22-8-6-21(7-9-22)14-15-31/h6-13,17-18H,4-5,14-16,19,31H2,1-3H3. The minimum atomic E-state index is -0.232. The van der Waals surface area contributed by atoms with Crippen LogP contribution in [0.4, 0.5) is 4.39 Å². The quantitative estimate of drug-likeness (QED) is 0.275. The monoisotopic (exact) mass is 460 g/mol. The minimum Gasteiger partial charge on any atom is -0.497 e. The number of halogens is 1. The molecule has 0 fully saturated rings. The molecule has 2 N–H and O–H groups in total. The first-order valence-electron chi connectivity index (χ1n) is 11.9. The lowest BCUT2D eigenvalue weighted by Crippen LogP contribution is -2.05. The molecule has 1 aromatic heterocycles. The van der Waals surface area contributed by atoms with Crippen molar-refractivity contribution < 1.29 is 13.9 Å². The van der Waals surface area contributed by atoms with Crippen molar-refractivity contribution in [2.24, 2.45) is 5.73 Å². The first kappa shape index (κ1) is 23.8. The maximum Gasteiger partial charge on any atom is 0.156 e. The summed E-state index contributed by atoms with van der Waals surface area (Å²) in [6.45, 7) is 5.92. The molecule has 178 valence electrons. The van der Waals surface area contributed by atoms with Gasteiger partial charge in [0.2, 0.25) is 0 Å². The number of fused-ring (bicyclic) bond motifs is 1. The highest BCUT2D eigenvalue weighted by Gasteiger charge is 2.21. The third-order valence-electron chi connectivity index (χ3n) is 6.23. The van der Waals surface area contributed by atoms with Crippen molar-refractivity contribution in [3.8, 4) is 22.8 Å². The van der Waals surface area contributed by atoms with Crippen molar-refractivity contribution in [2.75, 3.05) is 20.3 Å². The van der Waals surface area contributed by atoms with E-state index in [-0.39, 0.29) is 5.82 Å². The van der Waals surface area contributed by atoms with E-state index in [4.69, 9.17) is 15.2 Å². The number of hydrogen-bond donors (Lipinski definition) is 1. The maximum atomic E-state index is 16.1. The summed E-state index contributed by atoms with van der Waals surface area (Å²) in [4.78, 5) is 0. The van der Waals surface area contributed by atoms with E-state index in [9.17, 15) is 0 Å². The Balaban J connectivity index is 1.82. The van der Waals surface area contributed by atoms with Gasteiger partial charge in [-0.3, -0.25) is 0 Å². The van der Waals surface area contributed by atoms with Gasteiger partial charge in [-0.1, -0.05) is 37.6 Å². The summed E-state index contributed by atoms with van der Waals surface area (Å²) in [6.07, 6.45) is 2.87. The Morgan fingerprint density at radius 2 is 1.68 bits per heavy atom. The molecule has 0 unspecified atom stereocenters. The summed E-state index contributed by atoms with van der Waals surface area (Å²) in [6, 6.07) is 19.9. The van der Waals surface area contributed by atoms with Crippen molar-refractivity contribution in [1.29, 1.82) is 0 Å². The molecule has 0 saturated carbocycles. The van der Waals surface area contributed by atoms with E-state index in [1.165, 1.54) is 5.56 Å². The molecule has 4 rings (SSSR count). The third kappa shape index (κ3) is 4.95. The largest absolute Gasteiger partial charge is 0.497 e. The topological polar surface area (TPSA) is 49.4 Å². The minimum absolute atomic E-state index is 0.232. The van der Waals surface area contributed by atoms with Crippen LogP contribution in [-0.2, 0) is 13.0 Å². The van der Waals surface area contributed by atoms with Gasteiger partial charge in [0.05, 0.1) is 24.9 Å². The molecule has 0 amide bonds. The molecule has 0 aliphatic carbocycles. The summed E-state index contributed by atoms with van der Waals surface area (Å²) in [5.41, 5.74) is 11.2. The van der Waals surface area contributed by atoms with Crippen molar-refractivity contribution in [2.45, 2.75) is 39.7 Å². The normalized spacial score (nSPS) is 11.2. The second-order valence-electron chi connectivity index (χ2n) is 8.67. The van der Waals surface area contributed by atoms with Crippen LogP contribution >= 0.6 is 0 Å². The van der Waals surface area contributed by atoms with Gasteiger partial charge in [0, 0.05) is 17.5 Å². The molecule has 0 saturated heterocycles. The number of unbranched alkanes of at least 4 members (excludes halogenated alkanes) is 1. The number of benzene rings is 3. The molecule has 0 aliphatic rings. The van der Waals surface area contributed by atoms with Gasteiger partial charge in [0.15, 0.2) is 5.82 Å². The highest BCUT2D eigenvalue weighted by Crippen LogP contribution is 2.37. The van der Waals surface area contributed by atoms with E-state index in [0.717, 1.165) is 47.2 Å². The first-order chi connectivity index (χ1) is 16.5. The molecular formula is C29H33FN2O2. The van der Waals surface area contributed by atoms with Gasteiger partial charge >= 0.3 is 0 Å². The molecule has 4 nitrogen and oxygen atoms in total. The fourth-order valence-electron chi connectivity index (χ4n) is 4.33. The lowest BCUT2D eigenvalue weighted by Gasteiger charge is -2.14. The van der Waals surface area contributed by atoms with Gasteiger partial charge in [-0.05, 0) is 79.4 Å². The summed E-state index contributed by atoms with van der Waals surface area (Å²) in [5, 5.41) is 0.568. The van der Waals surface area contributed by atoms with Crippen LogP contribution in [0.5, 0.6) is 11.5 Å².